The number of methoxy groups -OCH3 is 1. The Morgan fingerprint density at radius 3 is 2.42 bits per heavy atom. The third kappa shape index (κ3) is 4.99. The van der Waals surface area contributed by atoms with Crippen molar-refractivity contribution in [2.45, 2.75) is 25.8 Å². The minimum absolute atomic E-state index is 0. The SMILES string of the molecule is COc1ccc([C@H](C2CCOCC2)N2CCNCC2)c(C)c1.Cl.Cl. The maximum atomic E-state index is 5.59. The predicted molar refractivity (Wildman–Crippen MR) is 103 cm³/mol. The monoisotopic (exact) mass is 376 g/mol. The van der Waals surface area contributed by atoms with E-state index in [0.717, 1.165) is 45.1 Å². The number of hydrogen-bond acceptors (Lipinski definition) is 4. The number of piperazine rings is 1. The van der Waals surface area contributed by atoms with Crippen LogP contribution in [-0.4, -0.2) is 51.4 Å². The van der Waals surface area contributed by atoms with Gasteiger partial charge in [0.1, 0.15) is 5.75 Å². The molecule has 0 aliphatic carbocycles. The number of hydrogen-bond donors (Lipinski definition) is 1. The summed E-state index contributed by atoms with van der Waals surface area (Å²) >= 11 is 0. The molecule has 138 valence electrons. The van der Waals surface area contributed by atoms with E-state index in [1.807, 2.05) is 0 Å². The summed E-state index contributed by atoms with van der Waals surface area (Å²) in [6.07, 6.45) is 2.33. The summed E-state index contributed by atoms with van der Waals surface area (Å²) in [6, 6.07) is 7.06. The van der Waals surface area contributed by atoms with Gasteiger partial charge in [-0.25, -0.2) is 0 Å². The van der Waals surface area contributed by atoms with Gasteiger partial charge in [-0.05, 0) is 48.9 Å². The molecule has 0 radical (unpaired) electrons. The fraction of sp³-hybridized carbons (Fsp3) is 0.667. The second-order valence-corrected chi connectivity index (χ2v) is 6.40. The van der Waals surface area contributed by atoms with Gasteiger partial charge in [0.2, 0.25) is 0 Å². The number of benzene rings is 1. The van der Waals surface area contributed by atoms with Gasteiger partial charge in [-0.1, -0.05) is 6.07 Å². The minimum atomic E-state index is 0. The lowest BCUT2D eigenvalue weighted by molar-refractivity contribution is 0.0211. The van der Waals surface area contributed by atoms with Gasteiger partial charge in [-0.3, -0.25) is 4.90 Å². The van der Waals surface area contributed by atoms with Gasteiger partial charge in [-0.15, -0.1) is 24.8 Å². The van der Waals surface area contributed by atoms with Crippen molar-refractivity contribution in [1.29, 1.82) is 0 Å². The lowest BCUT2D eigenvalue weighted by Crippen LogP contribution is -2.47. The zero-order valence-corrected chi connectivity index (χ0v) is 16.3. The standard InChI is InChI=1S/C18H28N2O2.2ClH/c1-14-13-16(21-2)3-4-17(14)18(15-5-11-22-12-6-15)20-9-7-19-8-10-20;;/h3-4,13,15,18-19H,5-12H2,1-2H3;2*1H/t18-;;/m0../s1. The Hall–Kier alpha value is -0.520. The molecule has 0 aromatic heterocycles. The van der Waals surface area contributed by atoms with E-state index in [1.54, 1.807) is 7.11 Å². The Bertz CT molecular complexity index is 472. The van der Waals surface area contributed by atoms with Crippen molar-refractivity contribution in [3.63, 3.8) is 0 Å². The molecule has 1 aromatic carbocycles. The lowest BCUT2D eigenvalue weighted by atomic mass is 9.84. The van der Waals surface area contributed by atoms with E-state index < -0.39 is 0 Å². The van der Waals surface area contributed by atoms with Gasteiger partial charge in [0.05, 0.1) is 7.11 Å². The Morgan fingerprint density at radius 1 is 1.17 bits per heavy atom. The Balaban J connectivity index is 0.00000144. The van der Waals surface area contributed by atoms with Crippen molar-refractivity contribution in [2.75, 3.05) is 46.5 Å². The normalized spacial score (nSPS) is 20.6. The van der Waals surface area contributed by atoms with Gasteiger partial charge in [0, 0.05) is 45.4 Å². The first-order chi connectivity index (χ1) is 10.8. The average Bonchev–Trinajstić information content (AvgIpc) is 2.58. The van der Waals surface area contributed by atoms with E-state index in [9.17, 15) is 0 Å². The van der Waals surface area contributed by atoms with Crippen LogP contribution >= 0.6 is 24.8 Å². The van der Waals surface area contributed by atoms with Crippen LogP contribution in [0.3, 0.4) is 0 Å². The van der Waals surface area contributed by atoms with Crippen LogP contribution in [0.5, 0.6) is 5.75 Å². The first-order valence-electron chi connectivity index (χ1n) is 8.46. The first kappa shape index (κ1) is 21.5. The van der Waals surface area contributed by atoms with Crippen molar-refractivity contribution in [2.24, 2.45) is 5.92 Å². The molecule has 2 heterocycles. The summed E-state index contributed by atoms with van der Waals surface area (Å²) in [5, 5.41) is 3.47. The molecule has 2 aliphatic rings. The summed E-state index contributed by atoms with van der Waals surface area (Å²) < 4.78 is 11.0. The smallest absolute Gasteiger partial charge is 0.119 e. The van der Waals surface area contributed by atoms with Crippen molar-refractivity contribution in [3.05, 3.63) is 29.3 Å². The average molecular weight is 377 g/mol. The molecule has 1 N–H and O–H groups in total. The number of aryl methyl sites for hydroxylation is 1. The highest BCUT2D eigenvalue weighted by atomic mass is 35.5. The fourth-order valence-electron chi connectivity index (χ4n) is 3.85. The molecule has 2 fully saturated rings. The Kier molecular flexibility index (Phi) is 9.39. The van der Waals surface area contributed by atoms with Crippen LogP contribution in [0.2, 0.25) is 0 Å². The zero-order chi connectivity index (χ0) is 15.4. The highest BCUT2D eigenvalue weighted by Crippen LogP contribution is 2.37. The molecule has 0 saturated carbocycles. The van der Waals surface area contributed by atoms with Gasteiger partial charge in [0.25, 0.3) is 0 Å². The van der Waals surface area contributed by atoms with Crippen LogP contribution in [0, 0.1) is 12.8 Å². The Labute approximate surface area is 158 Å². The molecule has 1 atom stereocenters. The molecule has 24 heavy (non-hydrogen) atoms. The number of nitrogens with one attached hydrogen (secondary N) is 1. The zero-order valence-electron chi connectivity index (χ0n) is 14.6. The fourth-order valence-corrected chi connectivity index (χ4v) is 3.85. The second kappa shape index (κ2) is 10.5. The van der Waals surface area contributed by atoms with Crippen LogP contribution in [-0.2, 0) is 4.74 Å². The molecule has 6 heteroatoms. The number of ether oxygens (including phenoxy) is 2. The van der Waals surface area contributed by atoms with Gasteiger partial charge in [-0.2, -0.15) is 0 Å². The number of nitrogens with zero attached hydrogens (tertiary/aromatic N) is 1. The van der Waals surface area contributed by atoms with Crippen LogP contribution in [0.1, 0.15) is 30.0 Å². The molecule has 0 unspecified atom stereocenters. The second-order valence-electron chi connectivity index (χ2n) is 6.40. The molecule has 2 saturated heterocycles. The summed E-state index contributed by atoms with van der Waals surface area (Å²) in [5.74, 6) is 1.64. The molecular formula is C18H30Cl2N2O2. The van der Waals surface area contributed by atoms with E-state index in [1.165, 1.54) is 24.0 Å². The quantitative estimate of drug-likeness (QED) is 0.874. The largest absolute Gasteiger partial charge is 0.497 e. The molecule has 1 aromatic rings. The minimum Gasteiger partial charge on any atom is -0.497 e. The van der Waals surface area contributed by atoms with Crippen LogP contribution in [0.15, 0.2) is 18.2 Å². The van der Waals surface area contributed by atoms with Crippen molar-refractivity contribution in [1.82, 2.24) is 10.2 Å². The van der Waals surface area contributed by atoms with Crippen molar-refractivity contribution >= 4 is 24.8 Å². The van der Waals surface area contributed by atoms with Crippen LogP contribution < -0.4 is 10.1 Å². The topological polar surface area (TPSA) is 33.7 Å². The highest BCUT2D eigenvalue weighted by Gasteiger charge is 2.32. The molecule has 3 rings (SSSR count). The van der Waals surface area contributed by atoms with Crippen LogP contribution in [0.4, 0.5) is 0 Å². The summed E-state index contributed by atoms with van der Waals surface area (Å²) in [5.41, 5.74) is 2.81. The van der Waals surface area contributed by atoms with E-state index >= 15 is 0 Å². The highest BCUT2D eigenvalue weighted by molar-refractivity contribution is 5.85. The maximum Gasteiger partial charge on any atom is 0.119 e. The number of halogens is 2. The first-order valence-corrected chi connectivity index (χ1v) is 8.46. The van der Waals surface area contributed by atoms with E-state index in [4.69, 9.17) is 9.47 Å². The molecule has 0 amide bonds. The molecule has 0 bridgehead atoms. The summed E-state index contributed by atoms with van der Waals surface area (Å²) in [7, 11) is 1.74. The summed E-state index contributed by atoms with van der Waals surface area (Å²) in [4.78, 5) is 2.67. The predicted octanol–water partition coefficient (Wildman–Crippen LogP) is 3.22. The Morgan fingerprint density at radius 2 is 1.83 bits per heavy atom. The van der Waals surface area contributed by atoms with Crippen molar-refractivity contribution in [3.8, 4) is 5.75 Å². The van der Waals surface area contributed by atoms with E-state index in [-0.39, 0.29) is 24.8 Å². The molecule has 4 nitrogen and oxygen atoms in total. The third-order valence-electron chi connectivity index (χ3n) is 5.05. The summed E-state index contributed by atoms with van der Waals surface area (Å²) in [6.45, 7) is 8.47. The van der Waals surface area contributed by atoms with Crippen LogP contribution in [0.25, 0.3) is 0 Å². The van der Waals surface area contributed by atoms with E-state index in [2.05, 4.69) is 35.3 Å². The number of rotatable bonds is 4. The maximum absolute atomic E-state index is 5.59. The molecule has 0 spiro atoms. The third-order valence-corrected chi connectivity index (χ3v) is 5.05. The molecular weight excluding hydrogens is 347 g/mol. The van der Waals surface area contributed by atoms with Gasteiger partial charge >= 0.3 is 0 Å². The van der Waals surface area contributed by atoms with Gasteiger partial charge < -0.3 is 14.8 Å². The lowest BCUT2D eigenvalue weighted by Gasteiger charge is -2.41. The van der Waals surface area contributed by atoms with Gasteiger partial charge in [0.15, 0.2) is 0 Å². The van der Waals surface area contributed by atoms with E-state index in [0.29, 0.717) is 12.0 Å². The van der Waals surface area contributed by atoms with Crippen molar-refractivity contribution < 1.29 is 9.47 Å². The molecule has 2 aliphatic heterocycles.